The number of fused-ring (bicyclic) bond motifs is 1. The average molecular weight is 406 g/mol. The maximum absolute atomic E-state index is 13.2. The molecule has 2 aliphatic carbocycles. The lowest BCUT2D eigenvalue weighted by Gasteiger charge is -2.40. The lowest BCUT2D eigenvalue weighted by molar-refractivity contribution is -0.137. The molecule has 4 aliphatic rings. The van der Waals surface area contributed by atoms with E-state index >= 15 is 0 Å². The molecule has 4 rings (SSSR count). The Balaban J connectivity index is 1.28. The van der Waals surface area contributed by atoms with Crippen molar-refractivity contribution < 1.29 is 14.7 Å². The van der Waals surface area contributed by atoms with E-state index in [2.05, 4.69) is 21.7 Å². The van der Waals surface area contributed by atoms with Crippen molar-refractivity contribution in [3.8, 4) is 0 Å². The molecule has 29 heavy (non-hydrogen) atoms. The Morgan fingerprint density at radius 1 is 0.862 bits per heavy atom. The van der Waals surface area contributed by atoms with Gasteiger partial charge in [0.25, 0.3) is 0 Å². The van der Waals surface area contributed by atoms with E-state index in [1.54, 1.807) is 0 Å². The number of nitrogens with zero attached hydrogens (tertiary/aromatic N) is 3. The summed E-state index contributed by atoms with van der Waals surface area (Å²) >= 11 is 0. The molecular formula is C23H39N3O3. The molecule has 1 N–H and O–H groups in total. The molecule has 6 nitrogen and oxygen atoms in total. The van der Waals surface area contributed by atoms with Crippen LogP contribution < -0.4 is 0 Å². The van der Waals surface area contributed by atoms with Gasteiger partial charge >= 0.3 is 12.0 Å². The van der Waals surface area contributed by atoms with Gasteiger partial charge in [-0.25, -0.2) is 4.79 Å². The van der Waals surface area contributed by atoms with Crippen molar-refractivity contribution in [3.05, 3.63) is 0 Å². The van der Waals surface area contributed by atoms with E-state index in [9.17, 15) is 9.59 Å². The first-order valence-electron chi connectivity index (χ1n) is 12.0. The summed E-state index contributed by atoms with van der Waals surface area (Å²) < 4.78 is 0. The molecular weight excluding hydrogens is 366 g/mol. The van der Waals surface area contributed by atoms with Crippen molar-refractivity contribution >= 4 is 12.0 Å². The third-order valence-corrected chi connectivity index (χ3v) is 8.41. The molecule has 0 bridgehead atoms. The zero-order chi connectivity index (χ0) is 20.4. The predicted octanol–water partition coefficient (Wildman–Crippen LogP) is 3.66. The highest BCUT2D eigenvalue weighted by molar-refractivity contribution is 5.77. The molecule has 0 aromatic rings. The standard InChI is InChI=1S/C23H39N3O3/c1-24-12-10-18-5-8-21(16-19(18)11-13-24)26-15-14-25(23(26)29)20-6-2-17(3-7-20)4-9-22(27)28/h17-21H,2-16H2,1H3,(H,27,28)/t17?,18-,19+,20?,21?/m0/s1. The molecule has 164 valence electrons. The Morgan fingerprint density at radius 2 is 1.48 bits per heavy atom. The highest BCUT2D eigenvalue weighted by atomic mass is 16.4. The SMILES string of the molecule is CN1CC[C@@H]2CCC(N3CCN(C4CCC(CCC(=O)O)CC4)C3=O)C[C@H]2CC1. The zero-order valence-corrected chi connectivity index (χ0v) is 18.1. The highest BCUT2D eigenvalue weighted by Crippen LogP contribution is 2.40. The molecule has 2 saturated carbocycles. The monoisotopic (exact) mass is 405 g/mol. The van der Waals surface area contributed by atoms with Gasteiger partial charge in [0, 0.05) is 31.6 Å². The third-order valence-electron chi connectivity index (χ3n) is 8.41. The Bertz CT molecular complexity index is 590. The van der Waals surface area contributed by atoms with Gasteiger partial charge < -0.3 is 19.8 Å². The summed E-state index contributed by atoms with van der Waals surface area (Å²) in [5.41, 5.74) is 0. The number of aliphatic carboxylic acids is 1. The van der Waals surface area contributed by atoms with Gasteiger partial charge in [-0.05, 0) is 102 Å². The predicted molar refractivity (Wildman–Crippen MR) is 113 cm³/mol. The summed E-state index contributed by atoms with van der Waals surface area (Å²) in [6.45, 7) is 4.23. The summed E-state index contributed by atoms with van der Waals surface area (Å²) in [6, 6.07) is 1.11. The van der Waals surface area contributed by atoms with E-state index in [1.807, 2.05) is 0 Å². The van der Waals surface area contributed by atoms with Crippen molar-refractivity contribution in [3.63, 3.8) is 0 Å². The van der Waals surface area contributed by atoms with Gasteiger partial charge in [0.05, 0.1) is 0 Å². The smallest absolute Gasteiger partial charge is 0.320 e. The van der Waals surface area contributed by atoms with Crippen molar-refractivity contribution in [1.82, 2.24) is 14.7 Å². The van der Waals surface area contributed by atoms with Gasteiger partial charge in [0.15, 0.2) is 0 Å². The van der Waals surface area contributed by atoms with Gasteiger partial charge in [0.2, 0.25) is 0 Å². The molecule has 6 heteroatoms. The second-order valence-corrected chi connectivity index (χ2v) is 10.1. The van der Waals surface area contributed by atoms with Gasteiger partial charge in [-0.1, -0.05) is 0 Å². The number of carbonyl (C=O) groups is 2. The lowest BCUT2D eigenvalue weighted by Crippen LogP contribution is -2.46. The Hall–Kier alpha value is -1.30. The molecule has 0 spiro atoms. The van der Waals surface area contributed by atoms with Crippen LogP contribution in [0.5, 0.6) is 0 Å². The number of carboxylic acid groups (broad SMARTS) is 1. The van der Waals surface area contributed by atoms with Crippen LogP contribution in [-0.2, 0) is 4.79 Å². The topological polar surface area (TPSA) is 64.1 Å². The second-order valence-electron chi connectivity index (χ2n) is 10.1. The normalized spacial score (nSPS) is 36.7. The van der Waals surface area contributed by atoms with E-state index < -0.39 is 5.97 Å². The highest BCUT2D eigenvalue weighted by Gasteiger charge is 2.41. The number of urea groups is 1. The van der Waals surface area contributed by atoms with E-state index in [0.717, 1.165) is 57.0 Å². The van der Waals surface area contributed by atoms with Crippen LogP contribution in [0.1, 0.15) is 70.6 Å². The summed E-state index contributed by atoms with van der Waals surface area (Å²) in [6.07, 6.45) is 11.6. The Labute approximate surface area is 175 Å². The molecule has 0 aromatic heterocycles. The van der Waals surface area contributed by atoms with E-state index in [1.165, 1.54) is 45.2 Å². The minimum Gasteiger partial charge on any atom is -0.481 e. The number of hydrogen-bond donors (Lipinski definition) is 1. The number of carbonyl (C=O) groups excluding carboxylic acids is 1. The van der Waals surface area contributed by atoms with Crippen LogP contribution >= 0.6 is 0 Å². The molecule has 2 saturated heterocycles. The van der Waals surface area contributed by atoms with Crippen molar-refractivity contribution in [2.24, 2.45) is 17.8 Å². The number of rotatable bonds is 5. The van der Waals surface area contributed by atoms with Crippen LogP contribution in [0.3, 0.4) is 0 Å². The fourth-order valence-corrected chi connectivity index (χ4v) is 6.52. The first-order valence-corrected chi connectivity index (χ1v) is 12.0. The second kappa shape index (κ2) is 9.23. The summed E-state index contributed by atoms with van der Waals surface area (Å²) in [7, 11) is 2.24. The Morgan fingerprint density at radius 3 is 2.17 bits per heavy atom. The largest absolute Gasteiger partial charge is 0.481 e. The quantitative estimate of drug-likeness (QED) is 0.758. The van der Waals surface area contributed by atoms with Gasteiger partial charge in [-0.15, -0.1) is 0 Å². The zero-order valence-electron chi connectivity index (χ0n) is 18.1. The summed E-state index contributed by atoms with van der Waals surface area (Å²) in [4.78, 5) is 30.9. The van der Waals surface area contributed by atoms with Crippen molar-refractivity contribution in [2.75, 3.05) is 33.2 Å². The van der Waals surface area contributed by atoms with Crippen LogP contribution in [0.4, 0.5) is 4.79 Å². The molecule has 2 amide bonds. The van der Waals surface area contributed by atoms with Crippen LogP contribution in [-0.4, -0.2) is 77.1 Å². The van der Waals surface area contributed by atoms with Crippen LogP contribution in [0.25, 0.3) is 0 Å². The molecule has 0 radical (unpaired) electrons. The van der Waals surface area contributed by atoms with Gasteiger partial charge in [-0.3, -0.25) is 4.79 Å². The average Bonchev–Trinajstić information content (AvgIpc) is 3.00. The Kier molecular flexibility index (Phi) is 6.67. The van der Waals surface area contributed by atoms with Gasteiger partial charge in [0.1, 0.15) is 0 Å². The number of carboxylic acids is 1. The fraction of sp³-hybridized carbons (Fsp3) is 0.913. The molecule has 4 fully saturated rings. The number of likely N-dealkylation sites (tertiary alicyclic amines) is 1. The van der Waals surface area contributed by atoms with Crippen molar-refractivity contribution in [2.45, 2.75) is 82.7 Å². The van der Waals surface area contributed by atoms with Crippen molar-refractivity contribution in [1.29, 1.82) is 0 Å². The van der Waals surface area contributed by atoms with Crippen LogP contribution in [0.15, 0.2) is 0 Å². The van der Waals surface area contributed by atoms with E-state index in [-0.39, 0.29) is 12.5 Å². The molecule has 2 heterocycles. The minimum absolute atomic E-state index is 0.283. The number of amides is 2. The van der Waals surface area contributed by atoms with Crippen LogP contribution in [0.2, 0.25) is 0 Å². The molecule has 1 unspecified atom stereocenters. The van der Waals surface area contributed by atoms with Crippen LogP contribution in [0, 0.1) is 17.8 Å². The maximum atomic E-state index is 13.2. The molecule has 3 atom stereocenters. The number of hydrogen-bond acceptors (Lipinski definition) is 3. The summed E-state index contributed by atoms with van der Waals surface area (Å²) in [5.74, 6) is 1.50. The lowest BCUT2D eigenvalue weighted by atomic mass is 9.74. The fourth-order valence-electron chi connectivity index (χ4n) is 6.52. The molecule has 0 aromatic carbocycles. The third kappa shape index (κ3) is 4.89. The van der Waals surface area contributed by atoms with E-state index in [4.69, 9.17) is 5.11 Å². The first kappa shape index (κ1) is 21.0. The van der Waals surface area contributed by atoms with Gasteiger partial charge in [-0.2, -0.15) is 0 Å². The maximum Gasteiger partial charge on any atom is 0.320 e. The summed E-state index contributed by atoms with van der Waals surface area (Å²) in [5, 5.41) is 8.90. The first-order chi connectivity index (χ1) is 14.0. The van der Waals surface area contributed by atoms with E-state index in [0.29, 0.717) is 18.0 Å². The minimum atomic E-state index is -0.687. The molecule has 2 aliphatic heterocycles.